The highest BCUT2D eigenvalue weighted by atomic mass is 32.1. The molecule has 20 heteroatoms. The predicted octanol–water partition coefficient (Wildman–Crippen LogP) is 36.0. The third-order valence-electron chi connectivity index (χ3n) is 29.3. The molecule has 0 aliphatic rings. The van der Waals surface area contributed by atoms with Crippen LogP contribution in [0.1, 0.15) is 11.1 Å². The van der Waals surface area contributed by atoms with Crippen molar-refractivity contribution < 1.29 is 35.2 Å². The molecule has 0 aliphatic carbocycles. The van der Waals surface area contributed by atoms with Gasteiger partial charge in [0.15, 0.2) is 34.9 Å². The number of hydrogen-bond donors (Lipinski definition) is 0. The summed E-state index contributed by atoms with van der Waals surface area (Å²) in [6, 6.07) is 136. The fourth-order valence-corrected chi connectivity index (χ4v) is 25.5. The summed E-state index contributed by atoms with van der Waals surface area (Å²) in [7, 11) is 0. The van der Waals surface area contributed by atoms with E-state index in [1.54, 1.807) is 28.7 Å². The lowest BCUT2D eigenvalue weighted by Gasteiger charge is -2.23. The molecule has 10 aromatic heterocycles. The molecular formula is C128H70F6N10O2S2. The average Bonchev–Trinajstić information content (AvgIpc) is 1.53. The third-order valence-corrected chi connectivity index (χ3v) is 31.7. The standard InChI is InChI=1S/C128H70F6N10O2S2/c129-127(130,131)93-42-25-48-101(143-96-45-18-11-39-87(96)114-104(143)63-57-83-80-36-15-22-51-108(80)146-118(83)114)111(93)91-70-78(53-60-99(91)141-95-44-17-10-38-86(95)113-103(141)62-56-82-79-35-14-21-50-107(79)145-117(82)113)126-139-123(73-31-8-3-9-32-73)136-124(140-126)76-34-24-33-74(67-76)75-55-66-110-90(68-75)85-59-65-106-116(120(85)148-110)89-41-13-20-47-98(89)144(106)102-49-26-43-94(128(132,133)134)112(102)92-69-77(125-137-121(71-27-4-1-5-28-71)135-122(138-125)72-29-6-2-7-30-72)54-61-100(92)142-97-46-19-12-40-88(97)115-105(142)64-58-84-81-37-16-23-52-109(81)147-119(84)115/h1-70H. The Morgan fingerprint density at radius 3 is 0.946 bits per heavy atom. The summed E-state index contributed by atoms with van der Waals surface area (Å²) in [5, 5.41) is 14.6. The maximum Gasteiger partial charge on any atom is 0.417 e. The number of alkyl halides is 6. The minimum Gasteiger partial charge on any atom is -0.455 e. The van der Waals surface area contributed by atoms with Crippen molar-refractivity contribution in [1.29, 1.82) is 0 Å². The lowest BCUT2D eigenvalue weighted by atomic mass is 9.93. The maximum absolute atomic E-state index is 17.2. The number of halogens is 6. The smallest absolute Gasteiger partial charge is 0.417 e. The number of thiophene rings is 2. The van der Waals surface area contributed by atoms with Gasteiger partial charge in [-0.2, -0.15) is 26.3 Å². The van der Waals surface area contributed by atoms with Crippen molar-refractivity contribution in [2.75, 3.05) is 0 Å². The Bertz CT molecular complexity index is 10900. The molecule has 20 aromatic carbocycles. The molecule has 30 rings (SSSR count). The van der Waals surface area contributed by atoms with Gasteiger partial charge in [0, 0.05) is 150 Å². The Morgan fingerprint density at radius 2 is 0.514 bits per heavy atom. The quantitative estimate of drug-likeness (QED) is 0.105. The number of aromatic nitrogens is 10. The normalized spacial score (nSPS) is 12.4. The molecule has 0 N–H and O–H groups in total. The zero-order chi connectivity index (χ0) is 98.2. The highest BCUT2D eigenvalue weighted by Gasteiger charge is 2.40. The molecule has 30 aromatic rings. The summed E-state index contributed by atoms with van der Waals surface area (Å²) in [6.45, 7) is 0. The van der Waals surface area contributed by atoms with Crippen molar-refractivity contribution in [2.45, 2.75) is 12.4 Å². The van der Waals surface area contributed by atoms with Gasteiger partial charge >= 0.3 is 12.4 Å². The number of para-hydroxylation sites is 6. The van der Waals surface area contributed by atoms with Gasteiger partial charge in [0.25, 0.3) is 0 Å². The van der Waals surface area contributed by atoms with Crippen LogP contribution in [0.5, 0.6) is 0 Å². The topological polar surface area (TPSA) is 123 Å². The van der Waals surface area contributed by atoms with E-state index in [-0.39, 0.29) is 39.6 Å². The minimum atomic E-state index is -4.92. The molecule has 0 saturated heterocycles. The molecule has 0 aliphatic heterocycles. The molecule has 0 spiro atoms. The first-order chi connectivity index (χ1) is 72.7. The zero-order valence-electron chi connectivity index (χ0n) is 77.8. The molecule has 0 fully saturated rings. The van der Waals surface area contributed by atoms with Crippen molar-refractivity contribution in [1.82, 2.24) is 48.2 Å². The van der Waals surface area contributed by atoms with Crippen molar-refractivity contribution in [3.8, 4) is 124 Å². The van der Waals surface area contributed by atoms with E-state index in [2.05, 4.69) is 75.9 Å². The first kappa shape index (κ1) is 84.9. The molecule has 0 saturated carbocycles. The van der Waals surface area contributed by atoms with E-state index in [0.29, 0.717) is 113 Å². The van der Waals surface area contributed by atoms with E-state index in [1.807, 2.05) is 337 Å². The van der Waals surface area contributed by atoms with E-state index in [1.165, 1.54) is 24.3 Å². The summed E-state index contributed by atoms with van der Waals surface area (Å²) in [5.74, 6) is 1.90. The van der Waals surface area contributed by atoms with Crippen molar-refractivity contribution in [3.63, 3.8) is 0 Å². The molecular weight excluding hydrogens is 1890 g/mol. The van der Waals surface area contributed by atoms with Gasteiger partial charge in [-0.1, -0.05) is 267 Å². The second-order valence-corrected chi connectivity index (χ2v) is 39.6. The zero-order valence-corrected chi connectivity index (χ0v) is 79.4. The van der Waals surface area contributed by atoms with Crippen LogP contribution in [0.4, 0.5) is 26.3 Å². The van der Waals surface area contributed by atoms with E-state index in [0.717, 1.165) is 144 Å². The third kappa shape index (κ3) is 13.0. The summed E-state index contributed by atoms with van der Waals surface area (Å²) >= 11 is 3.33. The lowest BCUT2D eigenvalue weighted by Crippen LogP contribution is -2.11. The molecule has 10 heterocycles. The first-order valence-corrected chi connectivity index (χ1v) is 50.2. The van der Waals surface area contributed by atoms with Gasteiger partial charge in [-0.05, 0) is 169 Å². The van der Waals surface area contributed by atoms with E-state index >= 15 is 26.3 Å². The maximum atomic E-state index is 17.2. The molecule has 0 amide bonds. The lowest BCUT2D eigenvalue weighted by molar-refractivity contribution is -0.137. The van der Waals surface area contributed by atoms with Gasteiger partial charge in [0.2, 0.25) is 0 Å². The van der Waals surface area contributed by atoms with Gasteiger partial charge in [0.05, 0.1) is 88.8 Å². The Kier molecular flexibility index (Phi) is 18.6. The SMILES string of the molecule is FC(F)(F)c1cccc(-n2c3ccccc3c3c4oc5ccccc5c4ccc32)c1-c1cc(-c2nc(-c3ccccc3)nc(-c3cccc(-c4ccc5sc6c(ccc7c6c6ccccc6n7-c6cccc(C(F)(F)F)c6-c6cc(-c7nc(-c8ccccc8)nc(-c8ccccc8)n7)ccc6-n6c7ccccc7c7c8sc9ccccc9c8ccc76)c5c4)c3)n2)ccc1-n1c2ccccc2c2c3oc4ccccc4c3ccc21. The van der Waals surface area contributed by atoms with Crippen LogP contribution >= 0.6 is 22.7 Å². The summed E-state index contributed by atoms with van der Waals surface area (Å²) in [4.78, 5) is 31.5. The van der Waals surface area contributed by atoms with Crippen LogP contribution in [0.3, 0.4) is 0 Å². The van der Waals surface area contributed by atoms with Crippen LogP contribution in [0.25, 0.3) is 296 Å². The number of rotatable bonds is 13. The molecule has 0 radical (unpaired) electrons. The van der Waals surface area contributed by atoms with Crippen LogP contribution in [-0.2, 0) is 12.4 Å². The van der Waals surface area contributed by atoms with Gasteiger partial charge in [-0.15, -0.1) is 22.7 Å². The minimum absolute atomic E-state index is 0.0507. The van der Waals surface area contributed by atoms with E-state index < -0.39 is 23.5 Å². The van der Waals surface area contributed by atoms with Gasteiger partial charge in [-0.3, -0.25) is 0 Å². The van der Waals surface area contributed by atoms with Crippen LogP contribution in [-0.4, -0.2) is 48.2 Å². The van der Waals surface area contributed by atoms with E-state index in [9.17, 15) is 0 Å². The molecule has 12 nitrogen and oxygen atoms in total. The van der Waals surface area contributed by atoms with E-state index in [4.69, 9.17) is 38.7 Å². The number of nitrogens with zero attached hydrogens (tertiary/aromatic N) is 10. The Labute approximate surface area is 844 Å². The van der Waals surface area contributed by atoms with Crippen LogP contribution < -0.4 is 0 Å². The molecule has 0 unspecified atom stereocenters. The van der Waals surface area contributed by atoms with Gasteiger partial charge in [0.1, 0.15) is 22.3 Å². The summed E-state index contributed by atoms with van der Waals surface area (Å²) in [5.41, 5.74) is 14.0. The highest BCUT2D eigenvalue weighted by molar-refractivity contribution is 7.27. The monoisotopic (exact) mass is 1960 g/mol. The molecule has 148 heavy (non-hydrogen) atoms. The second kappa shape index (κ2) is 32.4. The van der Waals surface area contributed by atoms with Gasteiger partial charge in [-0.25, -0.2) is 29.9 Å². The Hall–Kier alpha value is -18.8. The summed E-state index contributed by atoms with van der Waals surface area (Å²) in [6.07, 6.45) is -9.82. The van der Waals surface area contributed by atoms with Crippen LogP contribution in [0, 0.1) is 0 Å². The number of furan rings is 2. The van der Waals surface area contributed by atoms with Crippen molar-refractivity contribution >= 4 is 194 Å². The highest BCUT2D eigenvalue weighted by Crippen LogP contribution is 2.55. The van der Waals surface area contributed by atoms with Gasteiger partial charge < -0.3 is 27.1 Å². The molecule has 698 valence electrons. The predicted molar refractivity (Wildman–Crippen MR) is 590 cm³/mol. The first-order valence-electron chi connectivity index (χ1n) is 48.6. The fourth-order valence-electron chi connectivity index (χ4n) is 23.0. The van der Waals surface area contributed by atoms with Crippen LogP contribution in [0.15, 0.2) is 433 Å². The van der Waals surface area contributed by atoms with Crippen LogP contribution in [0.2, 0.25) is 0 Å². The van der Waals surface area contributed by atoms with Crippen molar-refractivity contribution in [3.05, 3.63) is 436 Å². The number of hydrogen-bond acceptors (Lipinski definition) is 10. The Balaban J connectivity index is 0.590. The number of fused-ring (bicyclic) bond motifs is 28. The fraction of sp³-hybridized carbons (Fsp3) is 0.0156. The average molecular weight is 1960 g/mol. The summed E-state index contributed by atoms with van der Waals surface area (Å²) < 4.78 is 129. The molecule has 0 atom stereocenters. The second-order valence-electron chi connectivity index (χ2n) is 37.5. The Morgan fingerprint density at radius 1 is 0.203 bits per heavy atom. The number of benzene rings is 20. The van der Waals surface area contributed by atoms with Crippen molar-refractivity contribution in [2.24, 2.45) is 0 Å². The molecule has 0 bridgehead atoms. The largest absolute Gasteiger partial charge is 0.455 e.